The van der Waals surface area contributed by atoms with Crippen LogP contribution in [0.4, 0.5) is 0 Å². The van der Waals surface area contributed by atoms with E-state index in [-0.39, 0.29) is 11.6 Å². The van der Waals surface area contributed by atoms with Crippen molar-refractivity contribution in [2.24, 2.45) is 5.73 Å². The first kappa shape index (κ1) is 13.1. The Hall–Kier alpha value is -0.870. The lowest BCUT2D eigenvalue weighted by Crippen LogP contribution is -2.26. The molecular weight excluding hydrogens is 238 g/mol. The maximum Gasteiger partial charge on any atom is 0.0779 e. The molecule has 2 aliphatic rings. The predicted molar refractivity (Wildman–Crippen MR) is 74.8 cm³/mol. The number of hydrogen-bond acceptors (Lipinski definition) is 3. The zero-order chi connectivity index (χ0) is 13.3. The van der Waals surface area contributed by atoms with Gasteiger partial charge in [-0.1, -0.05) is 19.8 Å². The Labute approximate surface area is 115 Å². The lowest BCUT2D eigenvalue weighted by molar-refractivity contribution is -0.0429. The zero-order valence-electron chi connectivity index (χ0n) is 11.8. The normalized spacial score (nSPS) is 27.2. The molecule has 1 saturated carbocycles. The first-order valence-corrected chi connectivity index (χ1v) is 7.66. The molecule has 106 valence electrons. The summed E-state index contributed by atoms with van der Waals surface area (Å²) in [5, 5.41) is 4.42. The fourth-order valence-corrected chi connectivity index (χ4v) is 3.53. The van der Waals surface area contributed by atoms with Gasteiger partial charge in [0.2, 0.25) is 0 Å². The maximum absolute atomic E-state index is 6.32. The summed E-state index contributed by atoms with van der Waals surface area (Å²) in [7, 11) is 0. The van der Waals surface area contributed by atoms with Gasteiger partial charge in [-0.2, -0.15) is 5.10 Å². The van der Waals surface area contributed by atoms with Gasteiger partial charge in [-0.25, -0.2) is 0 Å². The summed E-state index contributed by atoms with van der Waals surface area (Å²) in [6, 6.07) is 0.111. The van der Waals surface area contributed by atoms with E-state index < -0.39 is 0 Å². The third-order valence-corrected chi connectivity index (χ3v) is 4.77. The molecule has 1 aliphatic carbocycles. The lowest BCUT2D eigenvalue weighted by atomic mass is 9.98. The Bertz CT molecular complexity index is 423. The number of nitrogens with two attached hydrogens (primary N) is 1. The largest absolute Gasteiger partial charge is 0.370 e. The van der Waals surface area contributed by atoms with Gasteiger partial charge in [0.15, 0.2) is 0 Å². The fraction of sp³-hybridized carbons (Fsp3) is 0.800. The number of nitrogens with zero attached hydrogens (tertiary/aromatic N) is 2. The van der Waals surface area contributed by atoms with Gasteiger partial charge in [0.1, 0.15) is 0 Å². The van der Waals surface area contributed by atoms with Crippen LogP contribution in [0.5, 0.6) is 0 Å². The molecular formula is C15H25N3O. The molecule has 3 rings (SSSR count). The average molecular weight is 263 g/mol. The highest BCUT2D eigenvalue weighted by Crippen LogP contribution is 2.43. The van der Waals surface area contributed by atoms with Crippen LogP contribution in [0, 0.1) is 0 Å². The first-order chi connectivity index (χ1) is 9.21. The summed E-state index contributed by atoms with van der Waals surface area (Å²) in [5.41, 5.74) is 7.38. The molecule has 2 unspecified atom stereocenters. The number of aromatic nitrogens is 2. The van der Waals surface area contributed by atoms with Crippen molar-refractivity contribution >= 4 is 0 Å². The monoisotopic (exact) mass is 263 g/mol. The fourth-order valence-electron chi connectivity index (χ4n) is 3.53. The van der Waals surface area contributed by atoms with Gasteiger partial charge >= 0.3 is 0 Å². The lowest BCUT2D eigenvalue weighted by Gasteiger charge is -2.23. The van der Waals surface area contributed by atoms with Gasteiger partial charge in [-0.3, -0.25) is 4.68 Å². The molecule has 2 N–H and O–H groups in total. The molecule has 1 aromatic heterocycles. The second-order valence-electron chi connectivity index (χ2n) is 6.18. The Kier molecular flexibility index (Phi) is 3.63. The maximum atomic E-state index is 6.32. The SMILES string of the molecule is CCC(N)c1cnn(CC2CCC3(CCCC3)O2)c1. The molecule has 4 nitrogen and oxygen atoms in total. The van der Waals surface area contributed by atoms with E-state index in [4.69, 9.17) is 10.5 Å². The summed E-state index contributed by atoms with van der Waals surface area (Å²) >= 11 is 0. The predicted octanol–water partition coefficient (Wildman–Crippen LogP) is 2.78. The van der Waals surface area contributed by atoms with Gasteiger partial charge in [0.05, 0.1) is 24.4 Å². The molecule has 0 radical (unpaired) electrons. The highest BCUT2D eigenvalue weighted by atomic mass is 16.5. The van der Waals surface area contributed by atoms with Crippen LogP contribution in [0.15, 0.2) is 12.4 Å². The van der Waals surface area contributed by atoms with E-state index in [9.17, 15) is 0 Å². The van der Waals surface area contributed by atoms with Crippen LogP contribution >= 0.6 is 0 Å². The molecule has 2 heterocycles. The number of hydrogen-bond donors (Lipinski definition) is 1. The Morgan fingerprint density at radius 1 is 1.47 bits per heavy atom. The van der Waals surface area contributed by atoms with Crippen molar-refractivity contribution in [3.8, 4) is 0 Å². The molecule has 1 aliphatic heterocycles. The standard InChI is InChI=1S/C15H25N3O/c1-2-14(16)12-9-17-18(10-12)11-13-5-8-15(19-13)6-3-4-7-15/h9-10,13-14H,2-8,11,16H2,1H3. The minimum atomic E-state index is 0.111. The van der Waals surface area contributed by atoms with Crippen LogP contribution in [0.2, 0.25) is 0 Å². The van der Waals surface area contributed by atoms with Gasteiger partial charge in [-0.15, -0.1) is 0 Å². The molecule has 2 fully saturated rings. The minimum Gasteiger partial charge on any atom is -0.370 e. The van der Waals surface area contributed by atoms with E-state index >= 15 is 0 Å². The van der Waals surface area contributed by atoms with Crippen molar-refractivity contribution in [1.29, 1.82) is 0 Å². The third kappa shape index (κ3) is 2.70. The van der Waals surface area contributed by atoms with Gasteiger partial charge in [0, 0.05) is 17.8 Å². The van der Waals surface area contributed by atoms with Crippen molar-refractivity contribution in [3.05, 3.63) is 18.0 Å². The molecule has 19 heavy (non-hydrogen) atoms. The Balaban J connectivity index is 1.58. The molecule has 1 aromatic rings. The van der Waals surface area contributed by atoms with Crippen LogP contribution in [-0.2, 0) is 11.3 Å². The third-order valence-electron chi connectivity index (χ3n) is 4.77. The van der Waals surface area contributed by atoms with Gasteiger partial charge in [0.25, 0.3) is 0 Å². The molecule has 4 heteroatoms. The summed E-state index contributed by atoms with van der Waals surface area (Å²) in [6.07, 6.45) is 12.9. The van der Waals surface area contributed by atoms with E-state index in [1.54, 1.807) is 0 Å². The Morgan fingerprint density at radius 2 is 2.26 bits per heavy atom. The summed E-state index contributed by atoms with van der Waals surface area (Å²) in [5.74, 6) is 0. The molecule has 0 bridgehead atoms. The van der Waals surface area contributed by atoms with Crippen molar-refractivity contribution < 1.29 is 4.74 Å². The number of ether oxygens (including phenoxy) is 1. The van der Waals surface area contributed by atoms with Crippen molar-refractivity contribution in [3.63, 3.8) is 0 Å². The van der Waals surface area contributed by atoms with Crippen LogP contribution in [0.3, 0.4) is 0 Å². The summed E-state index contributed by atoms with van der Waals surface area (Å²) < 4.78 is 8.32. The van der Waals surface area contributed by atoms with E-state index in [1.165, 1.54) is 38.5 Å². The molecule has 1 saturated heterocycles. The molecule has 1 spiro atoms. The van der Waals surface area contributed by atoms with Crippen LogP contribution in [0.1, 0.15) is 63.5 Å². The van der Waals surface area contributed by atoms with Crippen molar-refractivity contribution in [1.82, 2.24) is 9.78 Å². The van der Waals surface area contributed by atoms with Gasteiger partial charge < -0.3 is 10.5 Å². The highest BCUT2D eigenvalue weighted by molar-refractivity contribution is 5.09. The second kappa shape index (κ2) is 5.25. The molecule has 0 amide bonds. The van der Waals surface area contributed by atoms with E-state index in [0.29, 0.717) is 6.10 Å². The van der Waals surface area contributed by atoms with Crippen molar-refractivity contribution in [2.45, 2.75) is 76.2 Å². The van der Waals surface area contributed by atoms with Crippen LogP contribution < -0.4 is 5.73 Å². The Morgan fingerprint density at radius 3 is 3.00 bits per heavy atom. The van der Waals surface area contributed by atoms with E-state index in [2.05, 4.69) is 18.2 Å². The molecule has 2 atom stereocenters. The zero-order valence-corrected chi connectivity index (χ0v) is 11.8. The average Bonchev–Trinajstić information content (AvgIpc) is 3.13. The second-order valence-corrected chi connectivity index (χ2v) is 6.18. The summed E-state index contributed by atoms with van der Waals surface area (Å²) in [6.45, 7) is 2.98. The van der Waals surface area contributed by atoms with Crippen molar-refractivity contribution in [2.75, 3.05) is 0 Å². The molecule has 0 aromatic carbocycles. The van der Waals surface area contributed by atoms with E-state index in [0.717, 1.165) is 18.5 Å². The highest BCUT2D eigenvalue weighted by Gasteiger charge is 2.42. The van der Waals surface area contributed by atoms with Crippen LogP contribution in [0.25, 0.3) is 0 Å². The number of rotatable bonds is 4. The minimum absolute atomic E-state index is 0.111. The van der Waals surface area contributed by atoms with E-state index in [1.807, 2.05) is 10.9 Å². The quantitative estimate of drug-likeness (QED) is 0.908. The smallest absolute Gasteiger partial charge is 0.0779 e. The summed E-state index contributed by atoms with van der Waals surface area (Å²) in [4.78, 5) is 0. The van der Waals surface area contributed by atoms with Gasteiger partial charge in [-0.05, 0) is 32.1 Å². The van der Waals surface area contributed by atoms with Crippen LogP contribution in [-0.4, -0.2) is 21.5 Å². The topological polar surface area (TPSA) is 53.1 Å². The first-order valence-electron chi connectivity index (χ1n) is 7.66.